The second-order valence-electron chi connectivity index (χ2n) is 9.05. The van der Waals surface area contributed by atoms with Crippen molar-refractivity contribution in [2.24, 2.45) is 5.92 Å². The Labute approximate surface area is 200 Å². The molecule has 3 N–H and O–H groups in total. The second kappa shape index (κ2) is 8.64. The molecule has 0 amide bonds. The van der Waals surface area contributed by atoms with Gasteiger partial charge in [-0.15, -0.1) is 0 Å². The molecule has 0 aliphatic heterocycles. The minimum absolute atomic E-state index is 0.0341. The van der Waals surface area contributed by atoms with Gasteiger partial charge in [0.15, 0.2) is 11.5 Å². The summed E-state index contributed by atoms with van der Waals surface area (Å²) in [7, 11) is 0. The number of rotatable bonds is 5. The molecule has 1 aromatic carbocycles. The van der Waals surface area contributed by atoms with Crippen molar-refractivity contribution in [2.75, 3.05) is 12.3 Å². The smallest absolute Gasteiger partial charge is 0.438 e. The Bertz CT molecular complexity index is 1310. The van der Waals surface area contributed by atoms with Crippen LogP contribution in [0.3, 0.4) is 0 Å². The fraction of sp³-hybridized carbons (Fsp3) is 0.435. The van der Waals surface area contributed by atoms with E-state index in [2.05, 4.69) is 14.7 Å². The molecular formula is C23H22F6N4O3. The molecule has 1 saturated carbocycles. The highest BCUT2D eigenvalue weighted by molar-refractivity contribution is 5.77. The zero-order chi connectivity index (χ0) is 26.6. The van der Waals surface area contributed by atoms with E-state index >= 15 is 0 Å². The Hall–Kier alpha value is -3.35. The van der Waals surface area contributed by atoms with Gasteiger partial charge in [-0.25, -0.2) is 14.8 Å². The lowest BCUT2D eigenvalue weighted by Gasteiger charge is -2.33. The summed E-state index contributed by atoms with van der Waals surface area (Å²) in [5, 5.41) is 9.28. The molecule has 0 saturated heterocycles. The highest BCUT2D eigenvalue weighted by Crippen LogP contribution is 2.45. The van der Waals surface area contributed by atoms with Crippen LogP contribution < -0.4 is 5.73 Å². The van der Waals surface area contributed by atoms with Crippen molar-refractivity contribution < 1.29 is 41.0 Å². The average molecular weight is 516 g/mol. The number of aliphatic hydroxyl groups excluding tert-OH is 1. The molecule has 1 aliphatic rings. The molecule has 13 heteroatoms. The van der Waals surface area contributed by atoms with Crippen LogP contribution in [0, 0.1) is 12.8 Å². The molecule has 36 heavy (non-hydrogen) atoms. The Morgan fingerprint density at radius 2 is 1.89 bits per heavy atom. The molecule has 1 aliphatic carbocycles. The maximum absolute atomic E-state index is 14.0. The van der Waals surface area contributed by atoms with Gasteiger partial charge in [0, 0.05) is 29.8 Å². The predicted octanol–water partition coefficient (Wildman–Crippen LogP) is 4.66. The number of nitrogens with zero attached hydrogens (tertiary/aromatic N) is 3. The van der Waals surface area contributed by atoms with Crippen molar-refractivity contribution in [3.8, 4) is 11.3 Å². The van der Waals surface area contributed by atoms with Gasteiger partial charge in [0.2, 0.25) is 5.60 Å². The maximum Gasteiger partial charge on any atom is 0.490 e. The lowest BCUT2D eigenvalue weighted by atomic mass is 9.74. The predicted molar refractivity (Wildman–Crippen MR) is 116 cm³/mol. The number of aryl methyl sites for hydroxylation is 1. The van der Waals surface area contributed by atoms with Gasteiger partial charge < -0.3 is 15.6 Å². The Kier molecular flexibility index (Phi) is 6.18. The molecule has 0 bridgehead atoms. The van der Waals surface area contributed by atoms with Crippen molar-refractivity contribution in [1.82, 2.24) is 14.4 Å². The van der Waals surface area contributed by atoms with Crippen LogP contribution in [0.15, 0.2) is 30.6 Å². The van der Waals surface area contributed by atoms with Crippen LogP contribution in [0.5, 0.6) is 0 Å². The number of carbonyl (C=O) groups is 1. The number of nitrogen functional groups attached to an aromatic ring is 1. The number of hydrogen-bond acceptors (Lipinski definition) is 6. The van der Waals surface area contributed by atoms with Crippen molar-refractivity contribution in [3.63, 3.8) is 0 Å². The number of ether oxygens (including phenoxy) is 1. The van der Waals surface area contributed by atoms with Gasteiger partial charge >= 0.3 is 18.3 Å². The summed E-state index contributed by atoms with van der Waals surface area (Å²) in [4.78, 5) is 20.0. The van der Waals surface area contributed by atoms with E-state index in [0.29, 0.717) is 36.7 Å². The zero-order valence-electron chi connectivity index (χ0n) is 19.1. The first-order chi connectivity index (χ1) is 16.7. The minimum Gasteiger partial charge on any atom is -0.438 e. The first-order valence-electron chi connectivity index (χ1n) is 10.9. The number of alkyl halides is 6. The summed E-state index contributed by atoms with van der Waals surface area (Å²) in [6.45, 7) is 2.02. The van der Waals surface area contributed by atoms with Crippen LogP contribution in [0.1, 0.15) is 42.5 Å². The van der Waals surface area contributed by atoms with Gasteiger partial charge in [0.05, 0.1) is 17.6 Å². The molecule has 0 radical (unpaired) electrons. The van der Waals surface area contributed by atoms with Gasteiger partial charge in [-0.1, -0.05) is 12.1 Å². The third kappa shape index (κ3) is 4.36. The van der Waals surface area contributed by atoms with E-state index in [1.807, 2.05) is 0 Å². The molecule has 1 fully saturated rings. The molecule has 1 atom stereocenters. The number of esters is 1. The third-order valence-corrected chi connectivity index (χ3v) is 6.58. The fourth-order valence-corrected chi connectivity index (χ4v) is 4.27. The summed E-state index contributed by atoms with van der Waals surface area (Å²) < 4.78 is 85.7. The van der Waals surface area contributed by atoms with Crippen LogP contribution in [-0.2, 0) is 15.1 Å². The number of halogens is 6. The van der Waals surface area contributed by atoms with Crippen LogP contribution in [0.4, 0.5) is 32.2 Å². The topological polar surface area (TPSA) is 103 Å². The molecule has 3 aromatic rings. The molecule has 0 spiro atoms. The molecule has 7 nitrogen and oxygen atoms in total. The van der Waals surface area contributed by atoms with E-state index in [1.165, 1.54) is 12.3 Å². The van der Waals surface area contributed by atoms with Gasteiger partial charge in [-0.05, 0) is 44.2 Å². The van der Waals surface area contributed by atoms with E-state index in [0.717, 1.165) is 12.1 Å². The van der Waals surface area contributed by atoms with E-state index in [1.54, 1.807) is 17.5 Å². The Balaban J connectivity index is 1.82. The summed E-state index contributed by atoms with van der Waals surface area (Å²) in [6, 6.07) is 3.28. The number of carbonyl (C=O) groups excluding carboxylic acids is 1. The van der Waals surface area contributed by atoms with E-state index in [4.69, 9.17) is 5.73 Å². The standard InChI is InChI=1S/C23H22F6N4O3/c1-11-3-4-14(21(2,23(27,28)29)36-20(35)22(24,25)26)7-15(11)17-8-31-19-18(30)32-16(9-33(17)19)13-5-12(6-13)10-34/h3-4,7-9,12-13,34H,5-6,10H2,1-2H3,(H2,30,32). The number of fused-ring (bicyclic) bond motifs is 1. The first kappa shape index (κ1) is 25.7. The molecule has 2 aromatic heterocycles. The first-order valence-corrected chi connectivity index (χ1v) is 10.9. The third-order valence-electron chi connectivity index (χ3n) is 6.58. The zero-order valence-corrected chi connectivity index (χ0v) is 19.1. The average Bonchev–Trinajstić information content (AvgIpc) is 3.16. The normalized spacial score (nSPS) is 20.1. The molecule has 4 rings (SSSR count). The number of imidazole rings is 1. The van der Waals surface area contributed by atoms with Gasteiger partial charge in [0.1, 0.15) is 0 Å². The van der Waals surface area contributed by atoms with Gasteiger partial charge in [-0.2, -0.15) is 26.3 Å². The molecule has 194 valence electrons. The fourth-order valence-electron chi connectivity index (χ4n) is 4.27. The van der Waals surface area contributed by atoms with E-state index in [-0.39, 0.29) is 35.5 Å². The summed E-state index contributed by atoms with van der Waals surface area (Å²) in [5.74, 6) is -2.68. The summed E-state index contributed by atoms with van der Waals surface area (Å²) >= 11 is 0. The van der Waals surface area contributed by atoms with Gasteiger partial charge in [0.25, 0.3) is 0 Å². The Morgan fingerprint density at radius 3 is 2.47 bits per heavy atom. The number of aliphatic hydroxyl groups is 1. The van der Waals surface area contributed by atoms with Gasteiger partial charge in [-0.3, -0.25) is 4.40 Å². The largest absolute Gasteiger partial charge is 0.490 e. The number of nitrogens with two attached hydrogens (primary N) is 1. The van der Waals surface area contributed by atoms with Crippen molar-refractivity contribution in [3.05, 3.63) is 47.4 Å². The van der Waals surface area contributed by atoms with Crippen LogP contribution in [0.2, 0.25) is 0 Å². The van der Waals surface area contributed by atoms with Crippen molar-refractivity contribution >= 4 is 17.4 Å². The molecular weight excluding hydrogens is 494 g/mol. The van der Waals surface area contributed by atoms with E-state index < -0.39 is 29.5 Å². The number of benzene rings is 1. The minimum atomic E-state index is -5.61. The van der Waals surface area contributed by atoms with Crippen molar-refractivity contribution in [2.45, 2.75) is 50.6 Å². The SMILES string of the molecule is Cc1ccc(C(C)(OC(=O)C(F)(F)F)C(F)(F)F)cc1-c1cnc2c(N)nc(C3CC(CO)C3)cn12. The van der Waals surface area contributed by atoms with E-state index in [9.17, 15) is 36.2 Å². The number of hydrogen-bond donors (Lipinski definition) is 2. The lowest BCUT2D eigenvalue weighted by Crippen LogP contribution is -2.46. The Morgan fingerprint density at radius 1 is 1.22 bits per heavy atom. The lowest BCUT2D eigenvalue weighted by molar-refractivity contribution is -0.285. The highest BCUT2D eigenvalue weighted by Gasteiger charge is 2.59. The van der Waals surface area contributed by atoms with Crippen LogP contribution >= 0.6 is 0 Å². The van der Waals surface area contributed by atoms with Crippen molar-refractivity contribution in [1.29, 1.82) is 0 Å². The molecule has 2 heterocycles. The second-order valence-corrected chi connectivity index (χ2v) is 9.05. The summed E-state index contributed by atoms with van der Waals surface area (Å²) in [5.41, 5.74) is 3.70. The number of aromatic nitrogens is 3. The molecule has 1 unspecified atom stereocenters. The quantitative estimate of drug-likeness (QED) is 0.378. The van der Waals surface area contributed by atoms with Crippen LogP contribution in [-0.4, -0.2) is 44.4 Å². The summed E-state index contributed by atoms with van der Waals surface area (Å²) in [6.07, 6.45) is -6.55. The monoisotopic (exact) mass is 516 g/mol. The maximum atomic E-state index is 14.0. The van der Waals surface area contributed by atoms with Crippen LogP contribution in [0.25, 0.3) is 16.9 Å². The number of anilines is 1. The highest BCUT2D eigenvalue weighted by atomic mass is 19.4.